The van der Waals surface area contributed by atoms with Crippen molar-refractivity contribution < 1.29 is 18.0 Å². The molecule has 0 saturated heterocycles. The third-order valence-corrected chi connectivity index (χ3v) is 5.89. The second-order valence-electron chi connectivity index (χ2n) is 8.22. The number of carbonyl (C=O) groups is 2. The Hall–Kier alpha value is -2.87. The van der Waals surface area contributed by atoms with E-state index >= 15 is 0 Å². The molecule has 0 saturated carbocycles. The molecule has 8 heteroatoms. The van der Waals surface area contributed by atoms with E-state index in [1.54, 1.807) is 36.4 Å². The van der Waals surface area contributed by atoms with E-state index in [9.17, 15) is 18.0 Å². The van der Waals surface area contributed by atoms with E-state index in [0.29, 0.717) is 23.5 Å². The summed E-state index contributed by atoms with van der Waals surface area (Å²) >= 11 is 0. The third kappa shape index (κ3) is 6.55. The zero-order valence-corrected chi connectivity index (χ0v) is 19.7. The van der Waals surface area contributed by atoms with Gasteiger partial charge in [0.15, 0.2) is 0 Å². The highest BCUT2D eigenvalue weighted by Gasteiger charge is 2.30. The van der Waals surface area contributed by atoms with Gasteiger partial charge < -0.3 is 10.6 Å². The Labute approximate surface area is 184 Å². The monoisotopic (exact) mass is 445 g/mol. The molecule has 2 amide bonds. The molecule has 0 spiro atoms. The van der Waals surface area contributed by atoms with Crippen LogP contribution in [0.2, 0.25) is 0 Å². The first-order valence-electron chi connectivity index (χ1n) is 10.2. The first-order chi connectivity index (χ1) is 14.4. The molecule has 2 N–H and O–H groups in total. The molecule has 0 bridgehead atoms. The van der Waals surface area contributed by atoms with Crippen LogP contribution in [0.5, 0.6) is 0 Å². The molecular weight excluding hydrogens is 414 g/mol. The number of hydrogen-bond donors (Lipinski definition) is 2. The average Bonchev–Trinajstić information content (AvgIpc) is 2.64. The molecule has 168 valence electrons. The molecule has 0 aliphatic carbocycles. The van der Waals surface area contributed by atoms with Gasteiger partial charge >= 0.3 is 0 Å². The van der Waals surface area contributed by atoms with Gasteiger partial charge in [-0.25, -0.2) is 8.42 Å². The fraction of sp³-hybridized carbons (Fsp3) is 0.391. The number of rotatable bonds is 8. The number of anilines is 2. The number of benzene rings is 2. The Kier molecular flexibility index (Phi) is 7.84. The molecular formula is C23H31N3O4S. The van der Waals surface area contributed by atoms with Crippen molar-refractivity contribution in [2.24, 2.45) is 5.92 Å². The minimum absolute atomic E-state index is 0.284. The second-order valence-corrected chi connectivity index (χ2v) is 10.1. The third-order valence-electron chi connectivity index (χ3n) is 4.65. The van der Waals surface area contributed by atoms with Gasteiger partial charge in [0, 0.05) is 6.54 Å². The van der Waals surface area contributed by atoms with Crippen molar-refractivity contribution in [3.63, 3.8) is 0 Å². The fourth-order valence-electron chi connectivity index (χ4n) is 3.31. The minimum atomic E-state index is -3.74. The molecule has 0 aromatic heterocycles. The highest BCUT2D eigenvalue weighted by Crippen LogP contribution is 2.25. The fourth-order valence-corrected chi connectivity index (χ4v) is 4.46. The molecule has 0 unspecified atom stereocenters. The van der Waals surface area contributed by atoms with Gasteiger partial charge in [0.1, 0.15) is 6.04 Å². The highest BCUT2D eigenvalue weighted by molar-refractivity contribution is 7.92. The van der Waals surface area contributed by atoms with Gasteiger partial charge in [0.2, 0.25) is 15.9 Å². The Morgan fingerprint density at radius 1 is 1.00 bits per heavy atom. The lowest BCUT2D eigenvalue weighted by atomic mass is 10.1. The Balaban J connectivity index is 2.33. The van der Waals surface area contributed by atoms with E-state index in [2.05, 4.69) is 10.6 Å². The van der Waals surface area contributed by atoms with Gasteiger partial charge in [0.05, 0.1) is 23.2 Å². The normalized spacial score (nSPS) is 12.4. The predicted octanol–water partition coefficient (Wildman–Crippen LogP) is 3.48. The Morgan fingerprint density at radius 2 is 1.58 bits per heavy atom. The Morgan fingerprint density at radius 3 is 2.13 bits per heavy atom. The van der Waals surface area contributed by atoms with Gasteiger partial charge in [-0.15, -0.1) is 0 Å². The summed E-state index contributed by atoms with van der Waals surface area (Å²) in [6.45, 7) is 9.74. The number of carbonyl (C=O) groups excluding carboxylic acids is 2. The molecule has 0 heterocycles. The maximum Gasteiger partial charge on any atom is 0.253 e. The van der Waals surface area contributed by atoms with E-state index in [1.807, 2.05) is 33.8 Å². The standard InChI is InChI=1S/C23H31N3O4S/c1-15(2)14-24-23(28)20-9-7-8-10-21(20)25-22(27)18(5)26(31(6,29)30)19-12-16(3)11-17(4)13-19/h7-13,15,18H,14H2,1-6H3,(H,24,28)(H,25,27)/t18-/m1/s1. The maximum absolute atomic E-state index is 13.0. The van der Waals surface area contributed by atoms with E-state index < -0.39 is 22.0 Å². The molecule has 31 heavy (non-hydrogen) atoms. The molecule has 0 aliphatic rings. The largest absolute Gasteiger partial charge is 0.352 e. The number of aryl methyl sites for hydroxylation is 2. The average molecular weight is 446 g/mol. The summed E-state index contributed by atoms with van der Waals surface area (Å²) in [7, 11) is -3.74. The second kappa shape index (κ2) is 9.96. The van der Waals surface area contributed by atoms with E-state index in [4.69, 9.17) is 0 Å². The quantitative estimate of drug-likeness (QED) is 0.650. The number of hydrogen-bond acceptors (Lipinski definition) is 4. The summed E-state index contributed by atoms with van der Waals surface area (Å²) in [5, 5.41) is 5.55. The van der Waals surface area contributed by atoms with Crippen LogP contribution in [0.25, 0.3) is 0 Å². The van der Waals surface area contributed by atoms with Crippen molar-refractivity contribution in [1.29, 1.82) is 0 Å². The topological polar surface area (TPSA) is 95.6 Å². The number of para-hydroxylation sites is 1. The lowest BCUT2D eigenvalue weighted by Gasteiger charge is -2.29. The molecule has 0 radical (unpaired) electrons. The van der Waals surface area contributed by atoms with Gasteiger partial charge in [-0.05, 0) is 62.1 Å². The first kappa shape index (κ1) is 24.4. The number of amides is 2. The summed E-state index contributed by atoms with van der Waals surface area (Å²) in [6.07, 6.45) is 1.07. The summed E-state index contributed by atoms with van der Waals surface area (Å²) in [4.78, 5) is 25.6. The lowest BCUT2D eigenvalue weighted by molar-refractivity contribution is -0.116. The van der Waals surface area contributed by atoms with Crippen LogP contribution in [0.15, 0.2) is 42.5 Å². The van der Waals surface area contributed by atoms with Gasteiger partial charge in [-0.2, -0.15) is 0 Å². The van der Waals surface area contributed by atoms with Crippen LogP contribution in [0.4, 0.5) is 11.4 Å². The lowest BCUT2D eigenvalue weighted by Crippen LogP contribution is -2.45. The van der Waals surface area contributed by atoms with Crippen molar-refractivity contribution >= 4 is 33.2 Å². The minimum Gasteiger partial charge on any atom is -0.352 e. The SMILES string of the molecule is Cc1cc(C)cc(N([C@H](C)C(=O)Nc2ccccc2C(=O)NCC(C)C)S(C)(=O)=O)c1. The molecule has 0 aliphatic heterocycles. The summed E-state index contributed by atoms with van der Waals surface area (Å²) in [5.74, 6) is -0.549. The number of sulfonamides is 1. The molecule has 0 fully saturated rings. The molecule has 1 atom stereocenters. The molecule has 2 aromatic carbocycles. The van der Waals surface area contributed by atoms with Gasteiger partial charge in [-0.3, -0.25) is 13.9 Å². The molecule has 2 aromatic rings. The zero-order chi connectivity index (χ0) is 23.3. The van der Waals surface area contributed by atoms with Crippen molar-refractivity contribution in [1.82, 2.24) is 5.32 Å². The van der Waals surface area contributed by atoms with Crippen LogP contribution in [0, 0.1) is 19.8 Å². The van der Waals surface area contributed by atoms with Crippen LogP contribution in [0.1, 0.15) is 42.3 Å². The first-order valence-corrected chi connectivity index (χ1v) is 12.0. The van der Waals surface area contributed by atoms with Crippen molar-refractivity contribution in [2.45, 2.75) is 40.7 Å². The Bertz CT molecular complexity index is 1040. The van der Waals surface area contributed by atoms with Crippen LogP contribution in [-0.2, 0) is 14.8 Å². The van der Waals surface area contributed by atoms with Gasteiger partial charge in [-0.1, -0.05) is 32.0 Å². The summed E-state index contributed by atoms with van der Waals surface area (Å²) < 4.78 is 26.2. The van der Waals surface area contributed by atoms with Crippen LogP contribution in [0.3, 0.4) is 0 Å². The van der Waals surface area contributed by atoms with E-state index in [-0.39, 0.29) is 11.8 Å². The molecule has 2 rings (SSSR count). The predicted molar refractivity (Wildman–Crippen MR) is 125 cm³/mol. The summed E-state index contributed by atoms with van der Waals surface area (Å²) in [6, 6.07) is 11.0. The van der Waals surface area contributed by atoms with Crippen LogP contribution < -0.4 is 14.9 Å². The smallest absolute Gasteiger partial charge is 0.253 e. The van der Waals surface area contributed by atoms with Crippen LogP contribution in [-0.4, -0.2) is 39.1 Å². The zero-order valence-electron chi connectivity index (χ0n) is 18.9. The highest BCUT2D eigenvalue weighted by atomic mass is 32.2. The van der Waals surface area contributed by atoms with Crippen molar-refractivity contribution in [3.05, 3.63) is 59.2 Å². The summed E-state index contributed by atoms with van der Waals surface area (Å²) in [5.41, 5.74) is 2.85. The molecule has 7 nitrogen and oxygen atoms in total. The number of nitrogens with one attached hydrogen (secondary N) is 2. The number of nitrogens with zero attached hydrogens (tertiary/aromatic N) is 1. The van der Waals surface area contributed by atoms with E-state index in [1.165, 1.54) is 6.92 Å². The van der Waals surface area contributed by atoms with E-state index in [0.717, 1.165) is 21.7 Å². The van der Waals surface area contributed by atoms with Crippen LogP contribution >= 0.6 is 0 Å². The van der Waals surface area contributed by atoms with Crippen molar-refractivity contribution in [3.8, 4) is 0 Å². The van der Waals surface area contributed by atoms with Gasteiger partial charge in [0.25, 0.3) is 5.91 Å². The van der Waals surface area contributed by atoms with Crippen molar-refractivity contribution in [2.75, 3.05) is 22.4 Å². The maximum atomic E-state index is 13.0.